The third-order valence-corrected chi connectivity index (χ3v) is 5.88. The molecular weight excluding hydrogens is 483 g/mol. The van der Waals surface area contributed by atoms with Crippen molar-refractivity contribution in [3.05, 3.63) is 80.5 Å². The van der Waals surface area contributed by atoms with Crippen LogP contribution in [0.15, 0.2) is 75.0 Å². The Morgan fingerprint density at radius 2 is 1.82 bits per heavy atom. The van der Waals surface area contributed by atoms with E-state index in [-0.39, 0.29) is 5.91 Å². The average molecular weight is 500 g/mol. The SMILES string of the molecule is CCc1ccc(N=C2NC(=O)/C(=C/c3ccc(-c4ccc(I)cc4)o3)S2)cc1. The van der Waals surface area contributed by atoms with Gasteiger partial charge in [0, 0.05) is 15.2 Å². The van der Waals surface area contributed by atoms with Gasteiger partial charge in [-0.05, 0) is 82.7 Å². The summed E-state index contributed by atoms with van der Waals surface area (Å²) in [7, 11) is 0. The fourth-order valence-electron chi connectivity index (χ4n) is 2.73. The summed E-state index contributed by atoms with van der Waals surface area (Å²) in [5.74, 6) is 1.25. The van der Waals surface area contributed by atoms with Crippen molar-refractivity contribution in [2.24, 2.45) is 4.99 Å². The fourth-order valence-corrected chi connectivity index (χ4v) is 3.91. The highest BCUT2D eigenvalue weighted by Gasteiger charge is 2.24. The van der Waals surface area contributed by atoms with Crippen molar-refractivity contribution >= 4 is 57.2 Å². The molecule has 1 aliphatic heterocycles. The minimum Gasteiger partial charge on any atom is -0.457 e. The zero-order valence-corrected chi connectivity index (χ0v) is 18.1. The molecule has 1 saturated heterocycles. The Morgan fingerprint density at radius 1 is 1.07 bits per heavy atom. The first kappa shape index (κ1) is 19.0. The molecule has 4 nitrogen and oxygen atoms in total. The first-order valence-electron chi connectivity index (χ1n) is 8.85. The lowest BCUT2D eigenvalue weighted by Gasteiger charge is -1.98. The number of furan rings is 1. The van der Waals surface area contributed by atoms with Crippen molar-refractivity contribution in [2.45, 2.75) is 13.3 Å². The Kier molecular flexibility index (Phi) is 5.68. The molecule has 1 N–H and O–H groups in total. The molecule has 6 heteroatoms. The van der Waals surface area contributed by atoms with Gasteiger partial charge in [-0.3, -0.25) is 4.79 Å². The monoisotopic (exact) mass is 500 g/mol. The van der Waals surface area contributed by atoms with E-state index in [1.54, 1.807) is 6.08 Å². The predicted molar refractivity (Wildman–Crippen MR) is 123 cm³/mol. The van der Waals surface area contributed by atoms with E-state index < -0.39 is 0 Å². The lowest BCUT2D eigenvalue weighted by atomic mass is 10.2. The van der Waals surface area contributed by atoms with Gasteiger partial charge in [-0.25, -0.2) is 4.99 Å². The van der Waals surface area contributed by atoms with Crippen molar-refractivity contribution in [1.29, 1.82) is 0 Å². The number of hydrogen-bond acceptors (Lipinski definition) is 4. The Balaban J connectivity index is 1.51. The average Bonchev–Trinajstić information content (AvgIpc) is 3.30. The Bertz CT molecular complexity index is 1070. The predicted octanol–water partition coefficient (Wildman–Crippen LogP) is 6.01. The standard InChI is InChI=1S/C22H17IN2O2S/c1-2-14-3-9-17(10-4-14)24-22-25-21(26)20(28-22)13-18-11-12-19(27-18)15-5-7-16(23)8-6-15/h3-13H,2H2,1H3,(H,24,25,26)/b20-13-. The molecule has 2 heterocycles. The summed E-state index contributed by atoms with van der Waals surface area (Å²) in [5.41, 5.74) is 3.08. The first-order valence-corrected chi connectivity index (χ1v) is 10.7. The molecule has 0 unspecified atom stereocenters. The maximum Gasteiger partial charge on any atom is 0.264 e. The number of thioether (sulfide) groups is 1. The van der Waals surface area contributed by atoms with Gasteiger partial charge in [0.25, 0.3) is 5.91 Å². The normalized spacial score (nSPS) is 16.7. The number of benzene rings is 2. The van der Waals surface area contributed by atoms with Gasteiger partial charge in [-0.1, -0.05) is 31.2 Å². The molecule has 2 aromatic carbocycles. The maximum atomic E-state index is 12.3. The van der Waals surface area contributed by atoms with Gasteiger partial charge in [0.1, 0.15) is 11.5 Å². The molecule has 140 valence electrons. The zero-order valence-electron chi connectivity index (χ0n) is 15.1. The van der Waals surface area contributed by atoms with Crippen molar-refractivity contribution in [1.82, 2.24) is 5.32 Å². The van der Waals surface area contributed by atoms with Crippen LogP contribution in [0, 0.1) is 3.57 Å². The number of carbonyl (C=O) groups excluding carboxylic acids is 1. The number of carbonyl (C=O) groups is 1. The minimum atomic E-state index is -0.166. The Morgan fingerprint density at radius 3 is 2.54 bits per heavy atom. The topological polar surface area (TPSA) is 54.6 Å². The lowest BCUT2D eigenvalue weighted by Crippen LogP contribution is -2.19. The second kappa shape index (κ2) is 8.36. The highest BCUT2D eigenvalue weighted by Crippen LogP contribution is 2.30. The van der Waals surface area contributed by atoms with Crippen LogP contribution in [0.3, 0.4) is 0 Å². The van der Waals surface area contributed by atoms with Gasteiger partial charge < -0.3 is 9.73 Å². The minimum absolute atomic E-state index is 0.166. The molecule has 0 bridgehead atoms. The molecule has 0 spiro atoms. The molecule has 1 amide bonds. The van der Waals surface area contributed by atoms with E-state index in [4.69, 9.17) is 4.42 Å². The molecule has 0 saturated carbocycles. The number of amidine groups is 1. The van der Waals surface area contributed by atoms with Crippen LogP contribution in [0.2, 0.25) is 0 Å². The van der Waals surface area contributed by atoms with E-state index in [0.29, 0.717) is 15.8 Å². The number of aliphatic imine (C=N–C) groups is 1. The van der Waals surface area contributed by atoms with Crippen LogP contribution in [0.25, 0.3) is 17.4 Å². The van der Waals surface area contributed by atoms with Crippen LogP contribution < -0.4 is 5.32 Å². The van der Waals surface area contributed by atoms with Gasteiger partial charge in [0.2, 0.25) is 0 Å². The second-order valence-corrected chi connectivity index (χ2v) is 8.49. The fraction of sp³-hybridized carbons (Fsp3) is 0.0909. The summed E-state index contributed by atoms with van der Waals surface area (Å²) >= 11 is 3.59. The van der Waals surface area contributed by atoms with Crippen molar-refractivity contribution in [3.8, 4) is 11.3 Å². The van der Waals surface area contributed by atoms with Gasteiger partial charge >= 0.3 is 0 Å². The van der Waals surface area contributed by atoms with Crippen LogP contribution in [0.4, 0.5) is 5.69 Å². The second-order valence-electron chi connectivity index (χ2n) is 6.21. The summed E-state index contributed by atoms with van der Waals surface area (Å²) in [6.45, 7) is 2.11. The van der Waals surface area contributed by atoms with Gasteiger partial charge in [-0.15, -0.1) is 0 Å². The van der Waals surface area contributed by atoms with Crippen molar-refractivity contribution in [3.63, 3.8) is 0 Å². The van der Waals surface area contributed by atoms with E-state index in [9.17, 15) is 4.79 Å². The van der Waals surface area contributed by atoms with Crippen LogP contribution in [0.5, 0.6) is 0 Å². The third kappa shape index (κ3) is 4.39. The van der Waals surface area contributed by atoms with Gasteiger partial charge in [0.15, 0.2) is 5.17 Å². The number of halogens is 1. The summed E-state index contributed by atoms with van der Waals surface area (Å²) in [6.07, 6.45) is 2.74. The summed E-state index contributed by atoms with van der Waals surface area (Å²) in [4.78, 5) is 17.3. The van der Waals surface area contributed by atoms with Crippen LogP contribution in [0.1, 0.15) is 18.2 Å². The number of hydrogen-bond donors (Lipinski definition) is 1. The van der Waals surface area contributed by atoms with Gasteiger partial charge in [-0.2, -0.15) is 0 Å². The number of nitrogens with one attached hydrogen (secondary N) is 1. The molecule has 1 aromatic heterocycles. The number of amides is 1. The summed E-state index contributed by atoms with van der Waals surface area (Å²) in [6, 6.07) is 19.9. The van der Waals surface area contributed by atoms with Crippen LogP contribution in [-0.4, -0.2) is 11.1 Å². The highest BCUT2D eigenvalue weighted by molar-refractivity contribution is 14.1. The molecule has 0 aliphatic carbocycles. The van der Waals surface area contributed by atoms with E-state index in [2.05, 4.69) is 39.8 Å². The van der Waals surface area contributed by atoms with Crippen molar-refractivity contribution in [2.75, 3.05) is 0 Å². The van der Waals surface area contributed by atoms with E-state index in [1.165, 1.54) is 20.9 Å². The molecule has 3 aromatic rings. The molecule has 1 fully saturated rings. The molecular formula is C22H17IN2O2S. The Hall–Kier alpha value is -2.32. The van der Waals surface area contributed by atoms with E-state index in [0.717, 1.165) is 23.4 Å². The highest BCUT2D eigenvalue weighted by atomic mass is 127. The smallest absolute Gasteiger partial charge is 0.264 e. The van der Waals surface area contributed by atoms with Crippen molar-refractivity contribution < 1.29 is 9.21 Å². The maximum absolute atomic E-state index is 12.3. The molecule has 0 radical (unpaired) electrons. The van der Waals surface area contributed by atoms with Gasteiger partial charge in [0.05, 0.1) is 10.6 Å². The van der Waals surface area contributed by atoms with E-state index in [1.807, 2.05) is 60.7 Å². The zero-order chi connectivity index (χ0) is 19.5. The number of rotatable bonds is 4. The number of aryl methyl sites for hydroxylation is 1. The quantitative estimate of drug-likeness (QED) is 0.353. The van der Waals surface area contributed by atoms with Crippen LogP contribution in [-0.2, 0) is 11.2 Å². The molecule has 28 heavy (non-hydrogen) atoms. The molecule has 0 atom stereocenters. The first-order chi connectivity index (χ1) is 13.6. The number of nitrogens with zero attached hydrogens (tertiary/aromatic N) is 1. The third-order valence-electron chi connectivity index (χ3n) is 4.25. The lowest BCUT2D eigenvalue weighted by molar-refractivity contribution is -0.115. The largest absolute Gasteiger partial charge is 0.457 e. The molecule has 4 rings (SSSR count). The summed E-state index contributed by atoms with van der Waals surface area (Å²) in [5, 5.41) is 3.38. The molecule has 1 aliphatic rings. The Labute approximate surface area is 181 Å². The van der Waals surface area contributed by atoms with E-state index >= 15 is 0 Å². The summed E-state index contributed by atoms with van der Waals surface area (Å²) < 4.78 is 7.06. The van der Waals surface area contributed by atoms with Crippen LogP contribution >= 0.6 is 34.4 Å².